The first-order valence-electron chi connectivity index (χ1n) is 8.83. The predicted molar refractivity (Wildman–Crippen MR) is 99.9 cm³/mol. The van der Waals surface area contributed by atoms with Crippen molar-refractivity contribution in [3.63, 3.8) is 0 Å². The Morgan fingerprint density at radius 1 is 1.46 bits per heavy atom. The van der Waals surface area contributed by atoms with Crippen molar-refractivity contribution in [2.45, 2.75) is 47.1 Å². The van der Waals surface area contributed by atoms with Gasteiger partial charge in [-0.1, -0.05) is 18.6 Å². The summed E-state index contributed by atoms with van der Waals surface area (Å²) in [5.41, 5.74) is 5.01. The Balaban J connectivity index is 2.46. The van der Waals surface area contributed by atoms with Crippen LogP contribution in [0.2, 0.25) is 0 Å². The maximum Gasteiger partial charge on any atom is 0.341 e. The monoisotopic (exact) mass is 361 g/mol. The van der Waals surface area contributed by atoms with Crippen LogP contribution in [0.15, 0.2) is 11.6 Å². The number of aliphatic carboxylic acids is 1. The number of carbonyl (C=O) groups is 2. The minimum absolute atomic E-state index is 0.264. The number of anilines is 1. The molecule has 1 heterocycles. The lowest BCUT2D eigenvalue weighted by Gasteiger charge is -2.20. The van der Waals surface area contributed by atoms with E-state index in [2.05, 4.69) is 5.32 Å². The summed E-state index contributed by atoms with van der Waals surface area (Å²) in [6.45, 7) is 8.45. The minimum atomic E-state index is -0.806. The molecule has 0 amide bonds. The maximum atomic E-state index is 12.2. The van der Waals surface area contributed by atoms with E-state index >= 15 is 0 Å². The molecule has 0 saturated heterocycles. The highest BCUT2D eigenvalue weighted by atomic mass is 16.5. The van der Waals surface area contributed by atoms with Crippen LogP contribution in [0.5, 0.6) is 5.75 Å². The first kappa shape index (κ1) is 19.8. The summed E-state index contributed by atoms with van der Waals surface area (Å²) in [6, 6.07) is 0. The topological polar surface area (TPSA) is 84.9 Å². The van der Waals surface area contributed by atoms with E-state index in [4.69, 9.17) is 14.6 Å². The van der Waals surface area contributed by atoms with Gasteiger partial charge in [0, 0.05) is 17.7 Å². The van der Waals surface area contributed by atoms with Crippen molar-refractivity contribution in [2.75, 3.05) is 19.0 Å². The molecular formula is C20H27NO5. The quantitative estimate of drug-likeness (QED) is 0.542. The summed E-state index contributed by atoms with van der Waals surface area (Å²) in [6.07, 6.45) is 3.04. The summed E-state index contributed by atoms with van der Waals surface area (Å²) in [7, 11) is 1.62. The Labute approximate surface area is 154 Å². The van der Waals surface area contributed by atoms with Crippen LogP contribution in [0.3, 0.4) is 0 Å². The molecule has 2 N–H and O–H groups in total. The van der Waals surface area contributed by atoms with Gasteiger partial charge in [-0.05, 0) is 39.2 Å². The third-order valence-electron chi connectivity index (χ3n) is 4.73. The molecule has 0 spiro atoms. The van der Waals surface area contributed by atoms with E-state index in [9.17, 15) is 9.59 Å². The molecule has 6 nitrogen and oxygen atoms in total. The Hall–Kier alpha value is -2.50. The number of carboxylic acids is 1. The highest BCUT2D eigenvalue weighted by Gasteiger charge is 2.31. The zero-order chi connectivity index (χ0) is 19.4. The van der Waals surface area contributed by atoms with E-state index in [1.165, 1.54) is 0 Å². The number of esters is 1. The van der Waals surface area contributed by atoms with E-state index in [1.54, 1.807) is 14.0 Å². The summed E-state index contributed by atoms with van der Waals surface area (Å²) in [4.78, 5) is 23.3. The zero-order valence-electron chi connectivity index (χ0n) is 16.1. The maximum absolute atomic E-state index is 12.2. The average Bonchev–Trinajstić information content (AvgIpc) is 2.97. The predicted octanol–water partition coefficient (Wildman–Crippen LogP) is 3.71. The van der Waals surface area contributed by atoms with Crippen LogP contribution < -0.4 is 10.1 Å². The van der Waals surface area contributed by atoms with Gasteiger partial charge in [0.05, 0.1) is 24.3 Å². The number of rotatable bonds is 8. The van der Waals surface area contributed by atoms with E-state index in [-0.39, 0.29) is 12.6 Å². The van der Waals surface area contributed by atoms with Gasteiger partial charge < -0.3 is 19.9 Å². The van der Waals surface area contributed by atoms with Crippen LogP contribution in [0.1, 0.15) is 54.2 Å². The summed E-state index contributed by atoms with van der Waals surface area (Å²) in [5.74, 6) is -0.811. The van der Waals surface area contributed by atoms with Gasteiger partial charge in [0.2, 0.25) is 0 Å². The van der Waals surface area contributed by atoms with Gasteiger partial charge >= 0.3 is 11.9 Å². The van der Waals surface area contributed by atoms with Gasteiger partial charge in [0.15, 0.2) is 0 Å². The number of carboxylic acid groups (broad SMARTS) is 1. The number of methoxy groups -OCH3 is 1. The molecule has 1 atom stereocenters. The van der Waals surface area contributed by atoms with Gasteiger partial charge in [-0.15, -0.1) is 0 Å². The fourth-order valence-electron chi connectivity index (χ4n) is 3.35. The summed E-state index contributed by atoms with van der Waals surface area (Å²) < 4.78 is 10.9. The largest absolute Gasteiger partial charge is 0.496 e. The molecular weight excluding hydrogens is 334 g/mol. The molecule has 0 aromatic heterocycles. The van der Waals surface area contributed by atoms with Crippen LogP contribution in [0.25, 0.3) is 0 Å². The molecule has 2 rings (SSSR count). The highest BCUT2D eigenvalue weighted by Crippen LogP contribution is 2.41. The number of allylic oxidation sites excluding steroid dienone is 2. The summed E-state index contributed by atoms with van der Waals surface area (Å²) >= 11 is 0. The van der Waals surface area contributed by atoms with Crippen molar-refractivity contribution in [1.29, 1.82) is 0 Å². The van der Waals surface area contributed by atoms with Crippen molar-refractivity contribution in [3.8, 4) is 5.75 Å². The van der Waals surface area contributed by atoms with Crippen molar-refractivity contribution in [1.82, 2.24) is 0 Å². The molecule has 0 bridgehead atoms. The second-order valence-corrected chi connectivity index (χ2v) is 6.67. The van der Waals surface area contributed by atoms with Gasteiger partial charge in [0.1, 0.15) is 12.4 Å². The molecule has 0 fully saturated rings. The number of hydrogen-bond donors (Lipinski definition) is 2. The van der Waals surface area contributed by atoms with E-state index in [1.807, 2.05) is 26.8 Å². The third-order valence-corrected chi connectivity index (χ3v) is 4.73. The van der Waals surface area contributed by atoms with Gasteiger partial charge in [-0.3, -0.25) is 4.79 Å². The van der Waals surface area contributed by atoms with Gasteiger partial charge in [-0.25, -0.2) is 4.79 Å². The normalized spacial score (nSPS) is 14.7. The molecule has 1 aliphatic rings. The smallest absolute Gasteiger partial charge is 0.341 e. The molecule has 142 valence electrons. The molecule has 6 heteroatoms. The zero-order valence-corrected chi connectivity index (χ0v) is 16.1. The van der Waals surface area contributed by atoms with Crippen LogP contribution in [0.4, 0.5) is 5.69 Å². The second-order valence-electron chi connectivity index (χ2n) is 6.67. The highest BCUT2D eigenvalue weighted by molar-refractivity contribution is 6.01. The van der Waals surface area contributed by atoms with Crippen molar-refractivity contribution < 1.29 is 24.2 Å². The van der Waals surface area contributed by atoms with Gasteiger partial charge in [-0.2, -0.15) is 0 Å². The van der Waals surface area contributed by atoms with Crippen molar-refractivity contribution >= 4 is 17.6 Å². The fourth-order valence-corrected chi connectivity index (χ4v) is 3.35. The lowest BCUT2D eigenvalue weighted by atomic mass is 9.93. The minimum Gasteiger partial charge on any atom is -0.496 e. The molecule has 0 aliphatic carbocycles. The van der Waals surface area contributed by atoms with Crippen molar-refractivity contribution in [2.24, 2.45) is 5.92 Å². The molecule has 1 unspecified atom stereocenters. The Bertz CT molecular complexity index is 751. The summed E-state index contributed by atoms with van der Waals surface area (Å²) in [5, 5.41) is 12.4. The SMILES string of the molecule is CCNc1c(CC=C(C)CC(C)C(=O)O)c(OC)c(C)c2c1C(=O)OC2. The van der Waals surface area contributed by atoms with Crippen LogP contribution in [0, 0.1) is 12.8 Å². The number of benzene rings is 1. The third kappa shape index (κ3) is 3.84. The number of nitrogens with one attached hydrogen (secondary N) is 1. The number of fused-ring (bicyclic) bond motifs is 1. The second kappa shape index (κ2) is 8.25. The molecule has 1 aromatic rings. The number of ether oxygens (including phenoxy) is 2. The molecule has 1 aromatic carbocycles. The van der Waals surface area contributed by atoms with Crippen LogP contribution in [-0.2, 0) is 22.6 Å². The lowest BCUT2D eigenvalue weighted by molar-refractivity contribution is -0.141. The lowest BCUT2D eigenvalue weighted by Crippen LogP contribution is -2.11. The Morgan fingerprint density at radius 3 is 2.73 bits per heavy atom. The molecule has 0 saturated carbocycles. The average molecular weight is 361 g/mol. The number of hydrogen-bond acceptors (Lipinski definition) is 5. The number of carbonyl (C=O) groups excluding carboxylic acids is 1. The van der Waals surface area contributed by atoms with Crippen LogP contribution >= 0.6 is 0 Å². The Morgan fingerprint density at radius 2 is 2.15 bits per heavy atom. The van der Waals surface area contributed by atoms with Crippen molar-refractivity contribution in [3.05, 3.63) is 33.9 Å². The molecule has 1 aliphatic heterocycles. The van der Waals surface area contributed by atoms with E-state index in [0.29, 0.717) is 24.9 Å². The standard InChI is InChI=1S/C20H27NO5/c1-6-21-17-14(8-7-11(2)9-12(3)19(22)23)18(25-5)13(4)15-10-26-20(24)16(15)17/h7,12,21H,6,8-10H2,1-5H3,(H,22,23). The fraction of sp³-hybridized carbons (Fsp3) is 0.500. The molecule has 0 radical (unpaired) electrons. The van der Waals surface area contributed by atoms with E-state index in [0.717, 1.165) is 33.7 Å². The Kier molecular flexibility index (Phi) is 6.29. The first-order valence-corrected chi connectivity index (χ1v) is 8.83. The number of cyclic esters (lactones) is 1. The molecule has 26 heavy (non-hydrogen) atoms. The van der Waals surface area contributed by atoms with Crippen LogP contribution in [-0.4, -0.2) is 30.7 Å². The van der Waals surface area contributed by atoms with E-state index < -0.39 is 11.9 Å². The first-order chi connectivity index (χ1) is 12.3. The van der Waals surface area contributed by atoms with Gasteiger partial charge in [0.25, 0.3) is 0 Å².